The second-order valence-electron chi connectivity index (χ2n) is 7.35. The van der Waals surface area contributed by atoms with Crippen LogP contribution in [0.4, 0.5) is 5.69 Å². The molecule has 2 aliphatic rings. The van der Waals surface area contributed by atoms with Gasteiger partial charge >= 0.3 is 0 Å². The highest BCUT2D eigenvalue weighted by molar-refractivity contribution is 5.93. The molecule has 2 fully saturated rings. The Kier molecular flexibility index (Phi) is 6.14. The van der Waals surface area contributed by atoms with Gasteiger partial charge in [-0.2, -0.15) is 0 Å². The first kappa shape index (κ1) is 18.7. The topological polar surface area (TPSA) is 66.0 Å². The monoisotopic (exact) mass is 358 g/mol. The number of rotatable bonds is 5. The Morgan fingerprint density at radius 3 is 2.69 bits per heavy atom. The van der Waals surface area contributed by atoms with E-state index in [2.05, 4.69) is 34.7 Å². The molecule has 1 atom stereocenters. The largest absolute Gasteiger partial charge is 0.373 e. The summed E-state index contributed by atoms with van der Waals surface area (Å²) in [5.74, 6) is 1.01. The molecule has 0 saturated carbocycles. The molecule has 142 valence electrons. The Morgan fingerprint density at radius 1 is 1.23 bits per heavy atom. The molecule has 2 aliphatic heterocycles. The maximum absolute atomic E-state index is 12.0. The van der Waals surface area contributed by atoms with Crippen LogP contribution >= 0.6 is 0 Å². The van der Waals surface area contributed by atoms with Crippen molar-refractivity contribution in [3.05, 3.63) is 29.8 Å². The van der Waals surface area contributed by atoms with Crippen LogP contribution in [0.2, 0.25) is 0 Å². The van der Waals surface area contributed by atoms with Gasteiger partial charge < -0.3 is 20.3 Å². The van der Waals surface area contributed by atoms with Gasteiger partial charge in [0.1, 0.15) is 0 Å². The molecule has 26 heavy (non-hydrogen) atoms. The van der Waals surface area contributed by atoms with Gasteiger partial charge in [-0.3, -0.25) is 9.79 Å². The highest BCUT2D eigenvalue weighted by Crippen LogP contribution is 2.24. The Hall–Kier alpha value is -2.08. The number of guanidine groups is 1. The molecule has 6 nitrogen and oxygen atoms in total. The van der Waals surface area contributed by atoms with E-state index in [1.165, 1.54) is 0 Å². The number of piperidine rings is 1. The van der Waals surface area contributed by atoms with Crippen LogP contribution in [0.25, 0.3) is 0 Å². The number of nitrogens with one attached hydrogen (secondary N) is 2. The number of anilines is 1. The van der Waals surface area contributed by atoms with E-state index in [-0.39, 0.29) is 11.5 Å². The zero-order valence-electron chi connectivity index (χ0n) is 15.9. The maximum Gasteiger partial charge on any atom is 0.226 e. The van der Waals surface area contributed by atoms with E-state index >= 15 is 0 Å². The molecule has 1 aromatic rings. The van der Waals surface area contributed by atoms with Crippen LogP contribution in [0.5, 0.6) is 0 Å². The summed E-state index contributed by atoms with van der Waals surface area (Å²) in [6, 6.07) is 8.20. The van der Waals surface area contributed by atoms with Gasteiger partial charge in [-0.1, -0.05) is 12.1 Å². The van der Waals surface area contributed by atoms with E-state index < -0.39 is 0 Å². The van der Waals surface area contributed by atoms with E-state index in [9.17, 15) is 4.79 Å². The Morgan fingerprint density at radius 2 is 2.04 bits per heavy atom. The lowest BCUT2D eigenvalue weighted by atomic mass is 10.0. The molecule has 2 saturated heterocycles. The van der Waals surface area contributed by atoms with Crippen LogP contribution in [-0.2, 0) is 16.1 Å². The van der Waals surface area contributed by atoms with Crippen molar-refractivity contribution >= 4 is 17.6 Å². The molecule has 3 rings (SSSR count). The molecule has 0 bridgehead atoms. The average molecular weight is 358 g/mol. The number of nitrogens with zero attached hydrogens (tertiary/aromatic N) is 2. The van der Waals surface area contributed by atoms with Crippen molar-refractivity contribution in [2.45, 2.75) is 51.2 Å². The number of carbonyl (C=O) groups is 1. The van der Waals surface area contributed by atoms with Crippen LogP contribution in [0.15, 0.2) is 29.3 Å². The van der Waals surface area contributed by atoms with Crippen molar-refractivity contribution in [2.75, 3.05) is 31.6 Å². The van der Waals surface area contributed by atoms with E-state index in [0.717, 1.165) is 62.6 Å². The summed E-state index contributed by atoms with van der Waals surface area (Å²) >= 11 is 0. The summed E-state index contributed by atoms with van der Waals surface area (Å²) in [4.78, 5) is 18.2. The van der Waals surface area contributed by atoms with Gasteiger partial charge in [0.25, 0.3) is 0 Å². The lowest BCUT2D eigenvalue weighted by Crippen LogP contribution is -2.45. The van der Waals surface area contributed by atoms with E-state index in [4.69, 9.17) is 4.74 Å². The standard InChI is InChI=1S/C20H30N4O2/c1-20(11-5-13-26-20)15-23-19(21-2)22-14-16-7-9-17(10-8-16)24-12-4-3-6-18(24)25/h7-10H,3-6,11-15H2,1-2H3,(H2,21,22,23). The molecular formula is C20H30N4O2. The number of hydrogen-bond acceptors (Lipinski definition) is 3. The fourth-order valence-electron chi connectivity index (χ4n) is 3.53. The predicted octanol–water partition coefficient (Wildman–Crippen LogP) is 2.44. The zero-order chi connectivity index (χ0) is 18.4. The van der Waals surface area contributed by atoms with Crippen molar-refractivity contribution in [1.29, 1.82) is 0 Å². The summed E-state index contributed by atoms with van der Waals surface area (Å²) < 4.78 is 5.80. The maximum atomic E-state index is 12.0. The number of benzene rings is 1. The molecule has 2 N–H and O–H groups in total. The summed E-state index contributed by atoms with van der Waals surface area (Å²) in [5, 5.41) is 6.69. The minimum Gasteiger partial charge on any atom is -0.373 e. The second-order valence-corrected chi connectivity index (χ2v) is 7.35. The number of aliphatic imine (C=N–C) groups is 1. The normalized spacial score (nSPS) is 24.0. The minimum absolute atomic E-state index is 0.0970. The van der Waals surface area contributed by atoms with Gasteiger partial charge in [0.15, 0.2) is 5.96 Å². The van der Waals surface area contributed by atoms with Crippen LogP contribution in [0, 0.1) is 0 Å². The molecule has 0 aromatic heterocycles. The van der Waals surface area contributed by atoms with Gasteiger partial charge in [-0.25, -0.2) is 0 Å². The van der Waals surface area contributed by atoms with Crippen LogP contribution < -0.4 is 15.5 Å². The van der Waals surface area contributed by atoms with Gasteiger partial charge in [-0.15, -0.1) is 0 Å². The van der Waals surface area contributed by atoms with Crippen molar-refractivity contribution < 1.29 is 9.53 Å². The summed E-state index contributed by atoms with van der Waals surface area (Å²) in [7, 11) is 1.78. The number of hydrogen-bond donors (Lipinski definition) is 2. The molecule has 0 aliphatic carbocycles. The molecule has 1 unspecified atom stereocenters. The van der Waals surface area contributed by atoms with Gasteiger partial charge in [0.05, 0.1) is 5.60 Å². The number of amides is 1. The molecular weight excluding hydrogens is 328 g/mol. The quantitative estimate of drug-likeness (QED) is 0.627. The minimum atomic E-state index is -0.0970. The number of carbonyl (C=O) groups excluding carboxylic acids is 1. The number of ether oxygens (including phenoxy) is 1. The molecule has 0 spiro atoms. The third-order valence-corrected chi connectivity index (χ3v) is 5.19. The zero-order valence-corrected chi connectivity index (χ0v) is 15.9. The highest BCUT2D eigenvalue weighted by atomic mass is 16.5. The van der Waals surface area contributed by atoms with Crippen molar-refractivity contribution in [1.82, 2.24) is 10.6 Å². The fraction of sp³-hybridized carbons (Fsp3) is 0.600. The molecule has 1 amide bonds. The third kappa shape index (κ3) is 4.75. The van der Waals surface area contributed by atoms with Crippen LogP contribution in [0.3, 0.4) is 0 Å². The van der Waals surface area contributed by atoms with Gasteiger partial charge in [-0.05, 0) is 50.3 Å². The van der Waals surface area contributed by atoms with Crippen LogP contribution in [0.1, 0.15) is 44.6 Å². The SMILES string of the molecule is CN=C(NCc1ccc(N2CCCCC2=O)cc1)NCC1(C)CCCO1. The Labute approximate surface area is 156 Å². The smallest absolute Gasteiger partial charge is 0.226 e. The summed E-state index contributed by atoms with van der Waals surface area (Å²) in [6.45, 7) is 5.25. The second kappa shape index (κ2) is 8.54. The first-order valence-corrected chi connectivity index (χ1v) is 9.57. The lowest BCUT2D eigenvalue weighted by molar-refractivity contribution is -0.119. The molecule has 0 radical (unpaired) electrons. The summed E-state index contributed by atoms with van der Waals surface area (Å²) in [5.41, 5.74) is 2.05. The first-order chi connectivity index (χ1) is 12.6. The Balaban J connectivity index is 1.49. The third-order valence-electron chi connectivity index (χ3n) is 5.19. The Bertz CT molecular complexity index is 636. The highest BCUT2D eigenvalue weighted by Gasteiger charge is 2.29. The average Bonchev–Trinajstić information content (AvgIpc) is 3.10. The summed E-state index contributed by atoms with van der Waals surface area (Å²) in [6.07, 6.45) is 4.95. The molecule has 2 heterocycles. The van der Waals surface area contributed by atoms with Gasteiger partial charge in [0.2, 0.25) is 5.91 Å². The van der Waals surface area contributed by atoms with Crippen molar-refractivity contribution in [2.24, 2.45) is 4.99 Å². The fourth-order valence-corrected chi connectivity index (χ4v) is 3.53. The van der Waals surface area contributed by atoms with Gasteiger partial charge in [0, 0.05) is 45.4 Å². The van der Waals surface area contributed by atoms with E-state index in [0.29, 0.717) is 13.0 Å². The first-order valence-electron chi connectivity index (χ1n) is 9.57. The lowest BCUT2D eigenvalue weighted by Gasteiger charge is -2.27. The van der Waals surface area contributed by atoms with Crippen molar-refractivity contribution in [3.63, 3.8) is 0 Å². The van der Waals surface area contributed by atoms with E-state index in [1.54, 1.807) is 7.05 Å². The predicted molar refractivity (Wildman–Crippen MR) is 104 cm³/mol. The van der Waals surface area contributed by atoms with E-state index in [1.807, 2.05) is 17.0 Å². The molecule has 6 heteroatoms. The molecule has 1 aromatic carbocycles. The van der Waals surface area contributed by atoms with Crippen molar-refractivity contribution in [3.8, 4) is 0 Å². The van der Waals surface area contributed by atoms with Crippen LogP contribution in [-0.4, -0.2) is 44.2 Å².